The summed E-state index contributed by atoms with van der Waals surface area (Å²) in [7, 11) is 1.43. The van der Waals surface area contributed by atoms with Crippen LogP contribution in [0.25, 0.3) is 16.7 Å². The quantitative estimate of drug-likeness (QED) is 0.553. The van der Waals surface area contributed by atoms with Gasteiger partial charge in [0.05, 0.1) is 23.8 Å². The molecule has 1 aromatic heterocycles. The molecule has 0 aliphatic rings. The summed E-state index contributed by atoms with van der Waals surface area (Å²) in [6.07, 6.45) is 0. The van der Waals surface area contributed by atoms with Crippen molar-refractivity contribution in [1.29, 1.82) is 0 Å². The number of H-pyrrole nitrogens is 1. The van der Waals surface area contributed by atoms with E-state index in [0.29, 0.717) is 10.3 Å². The zero-order valence-corrected chi connectivity index (χ0v) is 14.8. The number of fused-ring (bicyclic) bond motifs is 1. The van der Waals surface area contributed by atoms with Crippen LogP contribution in [0.1, 0.15) is 0 Å². The number of hydrogen-bond donors (Lipinski definition) is 1. The number of para-hydroxylation sites is 1. The van der Waals surface area contributed by atoms with Crippen molar-refractivity contribution in [3.63, 3.8) is 0 Å². The van der Waals surface area contributed by atoms with Crippen LogP contribution in [0.2, 0.25) is 0 Å². The molecular weight excluding hydrogens is 423 g/mol. The molecule has 7 heteroatoms. The Hall–Kier alpha value is -1.18. The van der Waals surface area contributed by atoms with Gasteiger partial charge in [0, 0.05) is 21.1 Å². The highest BCUT2D eigenvalue weighted by atomic mass is 79.9. The lowest BCUT2D eigenvalue weighted by molar-refractivity contribution is 0.387. The number of rotatable bonds is 2. The van der Waals surface area contributed by atoms with Gasteiger partial charge in [-0.25, -0.2) is 4.39 Å². The maximum absolute atomic E-state index is 13.8. The fourth-order valence-electron chi connectivity index (χ4n) is 2.19. The molecule has 0 saturated carbocycles. The topological polar surface area (TPSA) is 29.9 Å². The normalized spacial score (nSPS) is 11.0. The average Bonchev–Trinajstić information content (AvgIpc) is 2.73. The van der Waals surface area contributed by atoms with Crippen LogP contribution in [0.3, 0.4) is 0 Å². The second kappa shape index (κ2) is 5.55. The van der Waals surface area contributed by atoms with E-state index in [0.717, 1.165) is 20.1 Å². The first kappa shape index (κ1) is 14.7. The molecule has 0 atom stereocenters. The molecule has 0 saturated heterocycles. The van der Waals surface area contributed by atoms with E-state index < -0.39 is 5.82 Å². The molecule has 21 heavy (non-hydrogen) atoms. The number of aromatic nitrogens is 2. The van der Waals surface area contributed by atoms with Crippen LogP contribution >= 0.6 is 44.1 Å². The van der Waals surface area contributed by atoms with E-state index in [1.165, 1.54) is 13.2 Å². The minimum atomic E-state index is -0.431. The highest BCUT2D eigenvalue weighted by Gasteiger charge is 2.15. The second-order valence-corrected chi connectivity index (χ2v) is 6.44. The summed E-state index contributed by atoms with van der Waals surface area (Å²) in [6, 6.07) is 8.76. The monoisotopic (exact) mass is 430 g/mol. The van der Waals surface area contributed by atoms with E-state index in [1.807, 2.05) is 22.8 Å². The molecule has 0 fully saturated rings. The predicted octanol–water partition coefficient (Wildman–Crippen LogP) is 5.36. The molecular formula is C14H9Br2FN2OS. The van der Waals surface area contributed by atoms with Crippen molar-refractivity contribution >= 4 is 55.1 Å². The van der Waals surface area contributed by atoms with Crippen molar-refractivity contribution < 1.29 is 9.13 Å². The maximum Gasteiger partial charge on any atom is 0.182 e. The maximum atomic E-state index is 13.8. The van der Waals surface area contributed by atoms with Crippen molar-refractivity contribution in [3.8, 4) is 11.4 Å². The Labute approximate surface area is 142 Å². The van der Waals surface area contributed by atoms with Crippen LogP contribution in [0, 0.1) is 10.6 Å². The van der Waals surface area contributed by atoms with Crippen molar-refractivity contribution in [3.05, 3.63) is 49.9 Å². The molecule has 0 radical (unpaired) electrons. The van der Waals surface area contributed by atoms with E-state index in [2.05, 4.69) is 36.8 Å². The number of methoxy groups -OCH3 is 1. The zero-order valence-electron chi connectivity index (χ0n) is 10.8. The Morgan fingerprint density at radius 2 is 1.90 bits per heavy atom. The van der Waals surface area contributed by atoms with Gasteiger partial charge in [-0.05, 0) is 56.2 Å². The van der Waals surface area contributed by atoms with Crippen LogP contribution in [-0.2, 0) is 0 Å². The Kier molecular flexibility index (Phi) is 3.90. The van der Waals surface area contributed by atoms with E-state index in [4.69, 9.17) is 17.0 Å². The van der Waals surface area contributed by atoms with Crippen LogP contribution < -0.4 is 4.74 Å². The van der Waals surface area contributed by atoms with Crippen molar-refractivity contribution in [1.82, 2.24) is 9.55 Å². The van der Waals surface area contributed by atoms with Gasteiger partial charge >= 0.3 is 0 Å². The number of aromatic amines is 1. The summed E-state index contributed by atoms with van der Waals surface area (Å²) in [5, 5.41) is 0. The lowest BCUT2D eigenvalue weighted by Crippen LogP contribution is -1.97. The van der Waals surface area contributed by atoms with Gasteiger partial charge in [-0.2, -0.15) is 0 Å². The first-order valence-corrected chi connectivity index (χ1v) is 7.95. The molecule has 0 unspecified atom stereocenters. The molecule has 0 aliphatic carbocycles. The smallest absolute Gasteiger partial charge is 0.182 e. The summed E-state index contributed by atoms with van der Waals surface area (Å²) in [6.45, 7) is 0. The molecule has 3 nitrogen and oxygen atoms in total. The Bertz CT molecular complexity index is 884. The van der Waals surface area contributed by atoms with Gasteiger partial charge in [0.15, 0.2) is 16.3 Å². The zero-order chi connectivity index (χ0) is 15.1. The number of ether oxygens (including phenoxy) is 1. The standard InChI is InChI=1S/C14H9Br2FN2OS/c1-20-12-6-11-10(5-9(12)17)18-14(21)19(11)13-7(15)3-2-4-8(13)16/h2-6H,1H3,(H,18,21). The number of benzene rings is 2. The first-order chi connectivity index (χ1) is 10.0. The molecule has 0 spiro atoms. The molecule has 108 valence electrons. The van der Waals surface area contributed by atoms with E-state index >= 15 is 0 Å². The number of imidazole rings is 1. The SMILES string of the molecule is COc1cc2c(cc1F)[nH]c(=S)n2-c1c(Br)cccc1Br. The van der Waals surface area contributed by atoms with Gasteiger partial charge in [0.25, 0.3) is 0 Å². The molecule has 1 N–H and O–H groups in total. The van der Waals surface area contributed by atoms with Gasteiger partial charge in [0.2, 0.25) is 0 Å². The Morgan fingerprint density at radius 1 is 1.24 bits per heavy atom. The van der Waals surface area contributed by atoms with Crippen molar-refractivity contribution in [2.75, 3.05) is 7.11 Å². The summed E-state index contributed by atoms with van der Waals surface area (Å²) < 4.78 is 22.9. The lowest BCUT2D eigenvalue weighted by Gasteiger charge is -2.10. The fraction of sp³-hybridized carbons (Fsp3) is 0.0714. The molecule has 0 aliphatic heterocycles. The minimum Gasteiger partial charge on any atom is -0.494 e. The third kappa shape index (κ3) is 2.43. The third-order valence-corrected chi connectivity index (χ3v) is 4.68. The molecule has 1 heterocycles. The average molecular weight is 432 g/mol. The van der Waals surface area contributed by atoms with Gasteiger partial charge in [-0.1, -0.05) is 6.07 Å². The van der Waals surface area contributed by atoms with Gasteiger partial charge in [-0.3, -0.25) is 4.57 Å². The fourth-order valence-corrected chi connectivity index (χ4v) is 3.84. The van der Waals surface area contributed by atoms with Crippen LogP contribution in [0.15, 0.2) is 39.3 Å². The highest BCUT2D eigenvalue weighted by Crippen LogP contribution is 2.33. The van der Waals surface area contributed by atoms with E-state index in [-0.39, 0.29) is 5.75 Å². The minimum absolute atomic E-state index is 0.174. The van der Waals surface area contributed by atoms with Gasteiger partial charge in [0.1, 0.15) is 0 Å². The molecule has 0 bridgehead atoms. The second-order valence-electron chi connectivity index (χ2n) is 4.34. The van der Waals surface area contributed by atoms with Gasteiger partial charge in [-0.15, -0.1) is 0 Å². The largest absolute Gasteiger partial charge is 0.494 e. The number of halogens is 3. The van der Waals surface area contributed by atoms with E-state index in [1.54, 1.807) is 6.07 Å². The summed E-state index contributed by atoms with van der Waals surface area (Å²) in [5.74, 6) is -0.256. The van der Waals surface area contributed by atoms with E-state index in [9.17, 15) is 4.39 Å². The number of nitrogens with one attached hydrogen (secondary N) is 1. The molecule has 2 aromatic carbocycles. The molecule has 0 amide bonds. The number of hydrogen-bond acceptors (Lipinski definition) is 2. The highest BCUT2D eigenvalue weighted by molar-refractivity contribution is 9.11. The Morgan fingerprint density at radius 3 is 2.52 bits per heavy atom. The molecule has 3 rings (SSSR count). The lowest BCUT2D eigenvalue weighted by atomic mass is 10.2. The van der Waals surface area contributed by atoms with Gasteiger partial charge < -0.3 is 9.72 Å². The molecule has 3 aromatic rings. The summed E-state index contributed by atoms with van der Waals surface area (Å²) in [4.78, 5) is 3.01. The number of nitrogens with zero attached hydrogens (tertiary/aromatic N) is 1. The van der Waals surface area contributed by atoms with Crippen molar-refractivity contribution in [2.24, 2.45) is 0 Å². The van der Waals surface area contributed by atoms with Crippen LogP contribution in [0.5, 0.6) is 5.75 Å². The van der Waals surface area contributed by atoms with Crippen LogP contribution in [-0.4, -0.2) is 16.7 Å². The summed E-state index contributed by atoms with van der Waals surface area (Å²) >= 11 is 12.4. The first-order valence-electron chi connectivity index (χ1n) is 5.95. The Balaban J connectivity index is 2.43. The predicted molar refractivity (Wildman–Crippen MR) is 90.4 cm³/mol. The van der Waals surface area contributed by atoms with Crippen LogP contribution in [0.4, 0.5) is 4.39 Å². The van der Waals surface area contributed by atoms with Crippen molar-refractivity contribution in [2.45, 2.75) is 0 Å². The third-order valence-electron chi connectivity index (χ3n) is 3.12. The summed E-state index contributed by atoms with van der Waals surface area (Å²) in [5.41, 5.74) is 2.20.